The molecule has 0 radical (unpaired) electrons. The van der Waals surface area contributed by atoms with Crippen molar-refractivity contribution in [2.24, 2.45) is 0 Å². The summed E-state index contributed by atoms with van der Waals surface area (Å²) < 4.78 is 17.1. The second kappa shape index (κ2) is 8.12. The molecule has 0 saturated carbocycles. The van der Waals surface area contributed by atoms with Crippen molar-refractivity contribution in [2.45, 2.75) is 6.92 Å². The molecule has 150 valence electrons. The smallest absolute Gasteiger partial charge is 0.345 e. The van der Waals surface area contributed by atoms with Gasteiger partial charge in [0.1, 0.15) is 22.8 Å². The van der Waals surface area contributed by atoms with Gasteiger partial charge in [0.05, 0.1) is 23.6 Å². The molecule has 0 amide bonds. The molecule has 0 N–H and O–H groups in total. The number of ether oxygens (including phenoxy) is 2. The standard InChI is InChI=1S/C23H16BrNO5/c1-13-21(14-3-5-17(28-2)6-4-14)22(26)19-8-7-18(10-20(19)29-13)30-23(27)15-9-16(24)12-25-11-15/h3-12H,1-2H3. The van der Waals surface area contributed by atoms with Gasteiger partial charge in [0.2, 0.25) is 5.43 Å². The number of carbonyl (C=O) groups excluding carboxylic acids is 1. The maximum absolute atomic E-state index is 13.1. The lowest BCUT2D eigenvalue weighted by molar-refractivity contribution is 0.0734. The molecular weight excluding hydrogens is 450 g/mol. The molecule has 7 heteroatoms. The molecule has 0 bridgehead atoms. The zero-order valence-corrected chi connectivity index (χ0v) is 17.7. The number of esters is 1. The van der Waals surface area contributed by atoms with E-state index in [1.54, 1.807) is 50.6 Å². The van der Waals surface area contributed by atoms with E-state index in [9.17, 15) is 9.59 Å². The highest BCUT2D eigenvalue weighted by Gasteiger charge is 2.16. The predicted molar refractivity (Wildman–Crippen MR) is 116 cm³/mol. The van der Waals surface area contributed by atoms with Gasteiger partial charge < -0.3 is 13.9 Å². The van der Waals surface area contributed by atoms with Crippen molar-refractivity contribution in [1.82, 2.24) is 4.98 Å². The lowest BCUT2D eigenvalue weighted by Gasteiger charge is -2.09. The highest BCUT2D eigenvalue weighted by Crippen LogP contribution is 2.28. The summed E-state index contributed by atoms with van der Waals surface area (Å²) in [6, 6.07) is 13.5. The Hall–Kier alpha value is -3.45. The number of hydrogen-bond acceptors (Lipinski definition) is 6. The molecule has 2 heterocycles. The van der Waals surface area contributed by atoms with Gasteiger partial charge in [-0.15, -0.1) is 0 Å². The molecule has 4 aromatic rings. The number of hydrogen-bond donors (Lipinski definition) is 0. The van der Waals surface area contributed by atoms with Crippen LogP contribution in [0.3, 0.4) is 0 Å². The molecule has 0 fully saturated rings. The van der Waals surface area contributed by atoms with Crippen LogP contribution in [0, 0.1) is 6.92 Å². The van der Waals surface area contributed by atoms with E-state index in [1.165, 1.54) is 12.3 Å². The molecule has 2 aromatic carbocycles. The van der Waals surface area contributed by atoms with Gasteiger partial charge in [-0.2, -0.15) is 0 Å². The Kier molecular flexibility index (Phi) is 5.37. The zero-order valence-electron chi connectivity index (χ0n) is 16.1. The van der Waals surface area contributed by atoms with Crippen molar-refractivity contribution in [1.29, 1.82) is 0 Å². The Balaban J connectivity index is 1.70. The number of aryl methyl sites for hydroxylation is 1. The van der Waals surface area contributed by atoms with Gasteiger partial charge in [-0.05, 0) is 58.7 Å². The number of pyridine rings is 1. The van der Waals surface area contributed by atoms with Gasteiger partial charge in [0, 0.05) is 22.9 Å². The minimum atomic E-state index is -0.558. The van der Waals surface area contributed by atoms with E-state index in [2.05, 4.69) is 20.9 Å². The fourth-order valence-corrected chi connectivity index (χ4v) is 3.50. The third-order valence-corrected chi connectivity index (χ3v) is 5.00. The van der Waals surface area contributed by atoms with E-state index in [4.69, 9.17) is 13.9 Å². The summed E-state index contributed by atoms with van der Waals surface area (Å²) in [4.78, 5) is 29.4. The quantitative estimate of drug-likeness (QED) is 0.306. The lowest BCUT2D eigenvalue weighted by atomic mass is 10.0. The van der Waals surface area contributed by atoms with Gasteiger partial charge >= 0.3 is 5.97 Å². The Morgan fingerprint density at radius 3 is 2.47 bits per heavy atom. The molecule has 0 atom stereocenters. The second-order valence-corrected chi connectivity index (χ2v) is 7.45. The fraction of sp³-hybridized carbons (Fsp3) is 0.0870. The number of halogens is 1. The summed E-state index contributed by atoms with van der Waals surface area (Å²) in [6.45, 7) is 1.73. The monoisotopic (exact) mass is 465 g/mol. The molecule has 2 aromatic heterocycles. The van der Waals surface area contributed by atoms with E-state index in [0.717, 1.165) is 5.56 Å². The fourth-order valence-electron chi connectivity index (χ4n) is 3.13. The van der Waals surface area contributed by atoms with Crippen LogP contribution in [0.1, 0.15) is 16.1 Å². The van der Waals surface area contributed by atoms with Crippen molar-refractivity contribution >= 4 is 32.9 Å². The topological polar surface area (TPSA) is 78.6 Å². The maximum atomic E-state index is 13.1. The minimum absolute atomic E-state index is 0.159. The first kappa shape index (κ1) is 19.8. The van der Waals surface area contributed by atoms with Crippen LogP contribution < -0.4 is 14.9 Å². The van der Waals surface area contributed by atoms with Crippen LogP contribution in [0.25, 0.3) is 22.1 Å². The molecule has 0 aliphatic heterocycles. The summed E-state index contributed by atoms with van der Waals surface area (Å²) in [7, 11) is 1.59. The molecule has 30 heavy (non-hydrogen) atoms. The van der Waals surface area contributed by atoms with E-state index < -0.39 is 5.97 Å². The Labute approximate surface area is 180 Å². The minimum Gasteiger partial charge on any atom is -0.497 e. The molecular formula is C23H16BrNO5. The predicted octanol–water partition coefficient (Wildman–Crippen LogP) is 5.15. The van der Waals surface area contributed by atoms with Gasteiger partial charge in [-0.3, -0.25) is 9.78 Å². The third-order valence-electron chi connectivity index (χ3n) is 4.57. The maximum Gasteiger partial charge on any atom is 0.345 e. The molecule has 0 aliphatic rings. The third kappa shape index (κ3) is 3.84. The summed E-state index contributed by atoms with van der Waals surface area (Å²) in [5.74, 6) is 0.885. The van der Waals surface area contributed by atoms with Crippen LogP contribution in [0.5, 0.6) is 11.5 Å². The molecule has 6 nitrogen and oxygen atoms in total. The Morgan fingerprint density at radius 2 is 1.77 bits per heavy atom. The van der Waals surface area contributed by atoms with E-state index >= 15 is 0 Å². The highest BCUT2D eigenvalue weighted by molar-refractivity contribution is 9.10. The van der Waals surface area contributed by atoms with Crippen LogP contribution in [0.15, 0.2) is 74.6 Å². The van der Waals surface area contributed by atoms with Crippen LogP contribution >= 0.6 is 15.9 Å². The van der Waals surface area contributed by atoms with Gasteiger partial charge in [0.15, 0.2) is 0 Å². The van der Waals surface area contributed by atoms with Crippen LogP contribution in [-0.2, 0) is 0 Å². The van der Waals surface area contributed by atoms with Gasteiger partial charge in [-0.1, -0.05) is 12.1 Å². The number of fused-ring (bicyclic) bond motifs is 1. The SMILES string of the molecule is COc1ccc(-c2c(C)oc3cc(OC(=O)c4cncc(Br)c4)ccc3c2=O)cc1. The molecule has 0 spiro atoms. The first-order chi connectivity index (χ1) is 14.5. The van der Waals surface area contributed by atoms with Crippen LogP contribution in [0.4, 0.5) is 0 Å². The summed E-state index contributed by atoms with van der Waals surface area (Å²) >= 11 is 3.27. The van der Waals surface area contributed by atoms with Gasteiger partial charge in [-0.25, -0.2) is 4.79 Å². The molecule has 0 unspecified atom stereocenters. The number of aromatic nitrogens is 1. The van der Waals surface area contributed by atoms with Crippen molar-refractivity contribution in [3.8, 4) is 22.6 Å². The second-order valence-electron chi connectivity index (χ2n) is 6.53. The number of rotatable bonds is 4. The van der Waals surface area contributed by atoms with Crippen molar-refractivity contribution < 1.29 is 18.7 Å². The number of nitrogens with zero attached hydrogens (tertiary/aromatic N) is 1. The lowest BCUT2D eigenvalue weighted by Crippen LogP contribution is -2.10. The number of benzene rings is 2. The van der Waals surface area contributed by atoms with Gasteiger partial charge in [0.25, 0.3) is 0 Å². The normalized spacial score (nSPS) is 10.8. The van der Waals surface area contributed by atoms with Crippen LogP contribution in [-0.4, -0.2) is 18.1 Å². The molecule has 0 aliphatic carbocycles. The summed E-state index contributed by atoms with van der Waals surface area (Å²) in [5.41, 5.74) is 1.70. The summed E-state index contributed by atoms with van der Waals surface area (Å²) in [6.07, 6.45) is 2.99. The Morgan fingerprint density at radius 1 is 1.03 bits per heavy atom. The van der Waals surface area contributed by atoms with Crippen molar-refractivity contribution in [3.63, 3.8) is 0 Å². The average molecular weight is 466 g/mol. The largest absolute Gasteiger partial charge is 0.497 e. The van der Waals surface area contributed by atoms with Crippen LogP contribution in [0.2, 0.25) is 0 Å². The summed E-state index contributed by atoms with van der Waals surface area (Å²) in [5, 5.41) is 0.398. The number of carbonyl (C=O) groups is 1. The van der Waals surface area contributed by atoms with E-state index in [1.807, 2.05) is 12.1 Å². The van der Waals surface area contributed by atoms with E-state index in [-0.39, 0.29) is 11.2 Å². The molecule has 4 rings (SSSR count). The van der Waals surface area contributed by atoms with Crippen molar-refractivity contribution in [3.05, 3.63) is 86.9 Å². The molecule has 0 saturated heterocycles. The number of methoxy groups -OCH3 is 1. The van der Waals surface area contributed by atoms with Crippen molar-refractivity contribution in [2.75, 3.05) is 7.11 Å². The highest BCUT2D eigenvalue weighted by atomic mass is 79.9. The van der Waals surface area contributed by atoms with E-state index in [0.29, 0.717) is 38.1 Å². The first-order valence-electron chi connectivity index (χ1n) is 9.01. The Bertz CT molecular complexity index is 1310. The zero-order chi connectivity index (χ0) is 21.3. The average Bonchev–Trinajstić information content (AvgIpc) is 2.74. The first-order valence-corrected chi connectivity index (χ1v) is 9.80.